The highest BCUT2D eigenvalue weighted by molar-refractivity contribution is 5.82. The fourth-order valence-electron chi connectivity index (χ4n) is 1.97. The van der Waals surface area contributed by atoms with Gasteiger partial charge in [-0.25, -0.2) is 0 Å². The largest absolute Gasteiger partial charge is 0.355 e. The van der Waals surface area contributed by atoms with Crippen LogP contribution in [-0.4, -0.2) is 36.0 Å². The summed E-state index contributed by atoms with van der Waals surface area (Å²) in [6, 6.07) is 2.19. The van der Waals surface area contributed by atoms with Crippen LogP contribution in [0.5, 0.6) is 0 Å². The van der Waals surface area contributed by atoms with Gasteiger partial charge in [0, 0.05) is 12.6 Å². The fraction of sp³-hybridized carbons (Fsp3) is 0.800. The van der Waals surface area contributed by atoms with Crippen LogP contribution in [0.15, 0.2) is 0 Å². The second kappa shape index (κ2) is 4.97. The number of rotatable bonds is 2. The molecule has 78 valence electrons. The lowest BCUT2D eigenvalue weighted by Gasteiger charge is -2.30. The molecule has 1 N–H and O–H groups in total. The van der Waals surface area contributed by atoms with E-state index in [0.29, 0.717) is 6.04 Å². The Balaban J connectivity index is 2.80. The van der Waals surface area contributed by atoms with E-state index in [4.69, 9.17) is 5.26 Å². The standard InChI is InChI=1S/C10H17N3O/c1-3-13-8(2)5-7-12-10(14)9(13)4-6-11/h8-9H,3-5,7H2,1-2H3,(H,12,14). The monoisotopic (exact) mass is 195 g/mol. The minimum Gasteiger partial charge on any atom is -0.355 e. The third-order valence-corrected chi connectivity index (χ3v) is 2.78. The van der Waals surface area contributed by atoms with Gasteiger partial charge in [0.2, 0.25) is 5.91 Å². The molecular formula is C10H17N3O. The van der Waals surface area contributed by atoms with E-state index in [1.165, 1.54) is 0 Å². The second-order valence-corrected chi connectivity index (χ2v) is 3.64. The number of nitrogens with zero attached hydrogens (tertiary/aromatic N) is 2. The minimum absolute atomic E-state index is 0.00208. The molecule has 1 amide bonds. The van der Waals surface area contributed by atoms with Gasteiger partial charge in [0.15, 0.2) is 0 Å². The van der Waals surface area contributed by atoms with E-state index >= 15 is 0 Å². The number of carbonyl (C=O) groups excluding carboxylic acids is 1. The van der Waals surface area contributed by atoms with Crippen LogP contribution in [-0.2, 0) is 4.79 Å². The molecule has 14 heavy (non-hydrogen) atoms. The van der Waals surface area contributed by atoms with Crippen molar-refractivity contribution in [3.8, 4) is 6.07 Å². The molecule has 0 spiro atoms. The molecule has 2 unspecified atom stereocenters. The molecule has 1 rings (SSSR count). The first-order valence-electron chi connectivity index (χ1n) is 5.11. The van der Waals surface area contributed by atoms with Gasteiger partial charge >= 0.3 is 0 Å². The number of amides is 1. The fourth-order valence-corrected chi connectivity index (χ4v) is 1.97. The molecule has 0 aromatic rings. The van der Waals surface area contributed by atoms with Crippen LogP contribution in [0.4, 0.5) is 0 Å². The van der Waals surface area contributed by atoms with Gasteiger partial charge in [-0.1, -0.05) is 6.92 Å². The van der Waals surface area contributed by atoms with Gasteiger partial charge in [-0.3, -0.25) is 9.69 Å². The summed E-state index contributed by atoms with van der Waals surface area (Å²) < 4.78 is 0. The molecular weight excluding hydrogens is 178 g/mol. The average Bonchev–Trinajstić information content (AvgIpc) is 2.28. The summed E-state index contributed by atoms with van der Waals surface area (Å²) in [5.74, 6) is -0.00208. The Hall–Kier alpha value is -1.08. The SMILES string of the molecule is CCN1C(C)CCNC(=O)C1CC#N. The van der Waals surface area contributed by atoms with Gasteiger partial charge in [0.05, 0.1) is 12.5 Å². The number of nitrogens with one attached hydrogen (secondary N) is 1. The van der Waals surface area contributed by atoms with Crippen LogP contribution in [0.3, 0.4) is 0 Å². The quantitative estimate of drug-likeness (QED) is 0.698. The van der Waals surface area contributed by atoms with Crippen molar-refractivity contribution in [3.05, 3.63) is 0 Å². The van der Waals surface area contributed by atoms with Crippen molar-refractivity contribution in [1.29, 1.82) is 5.26 Å². The zero-order valence-electron chi connectivity index (χ0n) is 8.79. The van der Waals surface area contributed by atoms with Crippen molar-refractivity contribution in [1.82, 2.24) is 10.2 Å². The Morgan fingerprint density at radius 2 is 2.43 bits per heavy atom. The van der Waals surface area contributed by atoms with E-state index in [-0.39, 0.29) is 18.4 Å². The molecule has 0 saturated carbocycles. The van der Waals surface area contributed by atoms with Gasteiger partial charge in [-0.05, 0) is 19.9 Å². The summed E-state index contributed by atoms with van der Waals surface area (Å²) in [7, 11) is 0. The summed E-state index contributed by atoms with van der Waals surface area (Å²) >= 11 is 0. The molecule has 1 fully saturated rings. The molecule has 4 heteroatoms. The van der Waals surface area contributed by atoms with Gasteiger partial charge in [0.25, 0.3) is 0 Å². The number of carbonyl (C=O) groups is 1. The van der Waals surface area contributed by atoms with Crippen LogP contribution >= 0.6 is 0 Å². The maximum atomic E-state index is 11.6. The first kappa shape index (κ1) is 11.0. The number of nitriles is 1. The summed E-state index contributed by atoms with van der Waals surface area (Å²) in [5, 5.41) is 11.5. The van der Waals surface area contributed by atoms with Crippen molar-refractivity contribution in [2.24, 2.45) is 0 Å². The van der Waals surface area contributed by atoms with E-state index in [9.17, 15) is 4.79 Å². The average molecular weight is 195 g/mol. The molecule has 1 heterocycles. The van der Waals surface area contributed by atoms with Crippen molar-refractivity contribution >= 4 is 5.91 Å². The van der Waals surface area contributed by atoms with E-state index < -0.39 is 0 Å². The van der Waals surface area contributed by atoms with E-state index in [1.807, 2.05) is 6.92 Å². The first-order chi connectivity index (χ1) is 6.70. The Kier molecular flexibility index (Phi) is 3.90. The normalized spacial score (nSPS) is 29.1. The van der Waals surface area contributed by atoms with Crippen LogP contribution in [0.2, 0.25) is 0 Å². The lowest BCUT2D eigenvalue weighted by Crippen LogP contribution is -2.46. The summed E-state index contributed by atoms with van der Waals surface area (Å²) in [5.41, 5.74) is 0. The smallest absolute Gasteiger partial charge is 0.238 e. The lowest BCUT2D eigenvalue weighted by molar-refractivity contribution is -0.125. The van der Waals surface area contributed by atoms with Crippen molar-refractivity contribution in [2.45, 2.75) is 38.8 Å². The summed E-state index contributed by atoms with van der Waals surface area (Å²) in [4.78, 5) is 13.7. The van der Waals surface area contributed by atoms with Gasteiger partial charge in [0.1, 0.15) is 6.04 Å². The molecule has 2 atom stereocenters. The zero-order valence-corrected chi connectivity index (χ0v) is 8.79. The minimum atomic E-state index is -0.262. The van der Waals surface area contributed by atoms with Crippen molar-refractivity contribution in [2.75, 3.05) is 13.1 Å². The predicted octanol–water partition coefficient (Wildman–Crippen LogP) is 0.499. The van der Waals surface area contributed by atoms with Crippen molar-refractivity contribution in [3.63, 3.8) is 0 Å². The molecule has 4 nitrogen and oxygen atoms in total. The molecule has 1 aliphatic rings. The van der Waals surface area contributed by atoms with Crippen LogP contribution in [0.1, 0.15) is 26.7 Å². The van der Waals surface area contributed by atoms with Crippen LogP contribution in [0.25, 0.3) is 0 Å². The number of hydrogen-bond donors (Lipinski definition) is 1. The molecule has 1 aliphatic heterocycles. The number of likely N-dealkylation sites (N-methyl/N-ethyl adjacent to an activating group) is 1. The second-order valence-electron chi connectivity index (χ2n) is 3.64. The Labute approximate surface area is 84.9 Å². The van der Waals surface area contributed by atoms with E-state index in [1.54, 1.807) is 0 Å². The van der Waals surface area contributed by atoms with E-state index in [0.717, 1.165) is 19.5 Å². The summed E-state index contributed by atoms with van der Waals surface area (Å²) in [6.45, 7) is 5.67. The highest BCUT2D eigenvalue weighted by Gasteiger charge is 2.30. The molecule has 0 aromatic heterocycles. The van der Waals surface area contributed by atoms with Gasteiger partial charge in [-0.15, -0.1) is 0 Å². The molecule has 1 saturated heterocycles. The molecule has 0 radical (unpaired) electrons. The Morgan fingerprint density at radius 1 is 1.71 bits per heavy atom. The zero-order chi connectivity index (χ0) is 10.6. The van der Waals surface area contributed by atoms with Crippen LogP contribution in [0, 0.1) is 11.3 Å². The summed E-state index contributed by atoms with van der Waals surface area (Å²) in [6.07, 6.45) is 1.24. The van der Waals surface area contributed by atoms with Gasteiger partial charge in [-0.2, -0.15) is 5.26 Å². The van der Waals surface area contributed by atoms with E-state index in [2.05, 4.69) is 23.2 Å². The molecule has 0 aromatic carbocycles. The van der Waals surface area contributed by atoms with Gasteiger partial charge < -0.3 is 5.32 Å². The third-order valence-electron chi connectivity index (χ3n) is 2.78. The lowest BCUT2D eigenvalue weighted by atomic mass is 10.1. The topological polar surface area (TPSA) is 56.1 Å². The molecule has 0 bridgehead atoms. The third kappa shape index (κ3) is 2.24. The Morgan fingerprint density at radius 3 is 3.00 bits per heavy atom. The Bertz CT molecular complexity index is 246. The predicted molar refractivity (Wildman–Crippen MR) is 53.5 cm³/mol. The number of hydrogen-bond acceptors (Lipinski definition) is 3. The highest BCUT2D eigenvalue weighted by Crippen LogP contribution is 2.14. The maximum Gasteiger partial charge on any atom is 0.238 e. The van der Waals surface area contributed by atoms with Crippen LogP contribution < -0.4 is 5.32 Å². The van der Waals surface area contributed by atoms with Crippen molar-refractivity contribution < 1.29 is 4.79 Å². The highest BCUT2D eigenvalue weighted by atomic mass is 16.2. The molecule has 0 aliphatic carbocycles. The maximum absolute atomic E-state index is 11.6. The first-order valence-corrected chi connectivity index (χ1v) is 5.11.